The van der Waals surface area contributed by atoms with E-state index in [4.69, 9.17) is 4.52 Å². The first-order valence-corrected chi connectivity index (χ1v) is 3.60. The van der Waals surface area contributed by atoms with Crippen LogP contribution in [-0.2, 0) is 4.52 Å². The molecule has 1 nitrogen and oxygen atoms in total. The highest BCUT2D eigenvalue weighted by molar-refractivity contribution is 7.68. The van der Waals surface area contributed by atoms with E-state index in [1.54, 1.807) is 6.26 Å². The molecular formula is C3H4OP2. The van der Waals surface area contributed by atoms with Gasteiger partial charge in [0.15, 0.2) is 0 Å². The summed E-state index contributed by atoms with van der Waals surface area (Å²) in [5, 5.41) is 0. The van der Waals surface area contributed by atoms with Gasteiger partial charge in [-0.3, -0.25) is 0 Å². The Hall–Kier alpha value is 0.140. The normalized spacial score (nSPS) is 24.0. The minimum Gasteiger partial charge on any atom is -0.480 e. The van der Waals surface area contributed by atoms with Crippen LogP contribution in [0.5, 0.6) is 0 Å². The molecule has 1 aliphatic rings. The maximum absolute atomic E-state index is 4.85. The summed E-state index contributed by atoms with van der Waals surface area (Å²) in [6.45, 7) is 0. The van der Waals surface area contributed by atoms with Gasteiger partial charge in [-0.15, -0.1) is 0 Å². The Morgan fingerprint density at radius 1 is 1.67 bits per heavy atom. The minimum atomic E-state index is 0.578. The highest BCUT2D eigenvalue weighted by Crippen LogP contribution is 2.18. The average Bonchev–Trinajstić information content (AvgIpc) is 1.72. The van der Waals surface area contributed by atoms with Gasteiger partial charge in [0, 0.05) is 11.4 Å². The molecule has 1 aliphatic heterocycles. The third-order valence-electron chi connectivity index (χ3n) is 0.410. The Morgan fingerprint density at radius 2 is 2.67 bits per heavy atom. The first-order valence-electron chi connectivity index (χ1n) is 1.58. The zero-order valence-electron chi connectivity index (χ0n) is 3.09. The van der Waals surface area contributed by atoms with Crippen LogP contribution in [0, 0.1) is 0 Å². The van der Waals surface area contributed by atoms with E-state index < -0.39 is 0 Å². The molecule has 0 aromatic heterocycles. The van der Waals surface area contributed by atoms with Crippen LogP contribution in [0.4, 0.5) is 0 Å². The van der Waals surface area contributed by atoms with Crippen molar-refractivity contribution in [3.05, 3.63) is 12.1 Å². The smallest absolute Gasteiger partial charge is 0.101 e. The lowest BCUT2D eigenvalue weighted by Gasteiger charge is -1.93. The van der Waals surface area contributed by atoms with Crippen molar-refractivity contribution in [2.45, 2.75) is 0 Å². The highest BCUT2D eigenvalue weighted by atomic mass is 31.1. The Morgan fingerprint density at radius 3 is 2.83 bits per heavy atom. The summed E-state index contributed by atoms with van der Waals surface area (Å²) in [4.78, 5) is 0. The van der Waals surface area contributed by atoms with Gasteiger partial charge in [-0.25, -0.2) is 0 Å². The van der Waals surface area contributed by atoms with E-state index in [0.29, 0.717) is 8.81 Å². The fourth-order valence-electron chi connectivity index (χ4n) is 0.209. The third kappa shape index (κ3) is 1.08. The first kappa shape index (κ1) is 4.30. The molecule has 32 valence electrons. The van der Waals surface area contributed by atoms with E-state index >= 15 is 0 Å². The molecule has 0 spiro atoms. The maximum atomic E-state index is 4.85. The van der Waals surface area contributed by atoms with Gasteiger partial charge in [0.05, 0.1) is 6.26 Å². The largest absolute Gasteiger partial charge is 0.480 e. The van der Waals surface area contributed by atoms with Crippen LogP contribution < -0.4 is 0 Å². The summed E-state index contributed by atoms with van der Waals surface area (Å²) >= 11 is 0. The van der Waals surface area contributed by atoms with E-state index in [2.05, 4.69) is 5.54 Å². The fourth-order valence-corrected chi connectivity index (χ4v) is 1.43. The molecule has 0 aromatic carbocycles. The summed E-state index contributed by atoms with van der Waals surface area (Å²) < 4.78 is 4.85. The molecule has 3 heteroatoms. The SMILES string of the molecule is C1=CP=CPO1. The van der Waals surface area contributed by atoms with E-state index in [9.17, 15) is 0 Å². The lowest BCUT2D eigenvalue weighted by atomic mass is 11.2. The predicted octanol–water partition coefficient (Wildman–Crippen LogP) is 1.79. The molecule has 0 N–H and O–H groups in total. The fraction of sp³-hybridized carbons (Fsp3) is 0. The van der Waals surface area contributed by atoms with Crippen LogP contribution in [0.15, 0.2) is 12.1 Å². The van der Waals surface area contributed by atoms with Crippen LogP contribution in [-0.4, -0.2) is 5.54 Å². The summed E-state index contributed by atoms with van der Waals surface area (Å²) in [5.74, 6) is 1.97. The zero-order valence-corrected chi connectivity index (χ0v) is 4.98. The van der Waals surface area contributed by atoms with E-state index in [0.717, 1.165) is 0 Å². The predicted molar refractivity (Wildman–Crippen MR) is 31.5 cm³/mol. The molecule has 0 bridgehead atoms. The van der Waals surface area contributed by atoms with Crippen LogP contribution in [0.25, 0.3) is 0 Å². The van der Waals surface area contributed by atoms with Crippen LogP contribution in [0.1, 0.15) is 0 Å². The summed E-state index contributed by atoms with van der Waals surface area (Å²) in [6, 6.07) is 0. The average molecular weight is 118 g/mol. The first-order chi connectivity index (χ1) is 3.00. The van der Waals surface area contributed by atoms with Crippen molar-refractivity contribution in [1.82, 2.24) is 0 Å². The van der Waals surface area contributed by atoms with Crippen molar-refractivity contribution < 1.29 is 4.52 Å². The van der Waals surface area contributed by atoms with Gasteiger partial charge in [-0.05, 0) is 0 Å². The van der Waals surface area contributed by atoms with Gasteiger partial charge in [0.25, 0.3) is 0 Å². The molecule has 0 aromatic rings. The molecule has 6 heavy (non-hydrogen) atoms. The second-order valence-electron chi connectivity index (χ2n) is 0.799. The van der Waals surface area contributed by atoms with Gasteiger partial charge >= 0.3 is 0 Å². The molecule has 0 amide bonds. The molecule has 0 saturated heterocycles. The number of rotatable bonds is 0. The van der Waals surface area contributed by atoms with Gasteiger partial charge in [0.2, 0.25) is 0 Å². The Labute approximate surface area is 40.1 Å². The minimum absolute atomic E-state index is 0.578. The Balaban J connectivity index is 2.46. The molecule has 1 atom stereocenters. The zero-order chi connectivity index (χ0) is 4.24. The quantitative estimate of drug-likeness (QED) is 0.440. The third-order valence-corrected chi connectivity index (χ3v) is 1.99. The topological polar surface area (TPSA) is 9.23 Å². The molecule has 1 unspecified atom stereocenters. The van der Waals surface area contributed by atoms with Crippen LogP contribution >= 0.6 is 17.0 Å². The van der Waals surface area contributed by atoms with Crippen molar-refractivity contribution >= 4 is 22.5 Å². The van der Waals surface area contributed by atoms with Crippen LogP contribution in [0.3, 0.4) is 0 Å². The van der Waals surface area contributed by atoms with E-state index in [1.807, 2.05) is 5.82 Å². The molecule has 0 aliphatic carbocycles. The monoisotopic (exact) mass is 118 g/mol. The molecule has 1 rings (SSSR count). The van der Waals surface area contributed by atoms with Crippen molar-refractivity contribution in [2.24, 2.45) is 0 Å². The summed E-state index contributed by atoms with van der Waals surface area (Å²) in [7, 11) is 1.86. The van der Waals surface area contributed by atoms with Crippen molar-refractivity contribution in [1.29, 1.82) is 0 Å². The second-order valence-corrected chi connectivity index (χ2v) is 2.90. The van der Waals surface area contributed by atoms with Gasteiger partial charge in [-0.1, -0.05) is 8.20 Å². The van der Waals surface area contributed by atoms with Gasteiger partial charge in [-0.2, -0.15) is 0 Å². The second kappa shape index (κ2) is 2.34. The molecule has 0 saturated carbocycles. The maximum Gasteiger partial charge on any atom is 0.101 e. The lowest BCUT2D eigenvalue weighted by molar-refractivity contribution is 0.561. The van der Waals surface area contributed by atoms with Crippen LogP contribution in [0.2, 0.25) is 0 Å². The highest BCUT2D eigenvalue weighted by Gasteiger charge is 1.76. The Bertz CT molecular complexity index is 74.8. The molecule has 0 fully saturated rings. The van der Waals surface area contributed by atoms with E-state index in [1.165, 1.54) is 8.20 Å². The van der Waals surface area contributed by atoms with E-state index in [-0.39, 0.29) is 0 Å². The lowest BCUT2D eigenvalue weighted by Crippen LogP contribution is -1.60. The van der Waals surface area contributed by atoms with Crippen molar-refractivity contribution in [3.63, 3.8) is 0 Å². The number of hydrogen-bond acceptors (Lipinski definition) is 1. The van der Waals surface area contributed by atoms with Crippen molar-refractivity contribution in [3.8, 4) is 0 Å². The number of hydrogen-bond donors (Lipinski definition) is 0. The molecule has 1 heterocycles. The van der Waals surface area contributed by atoms with Crippen molar-refractivity contribution in [2.75, 3.05) is 0 Å². The van der Waals surface area contributed by atoms with Gasteiger partial charge in [0.1, 0.15) is 8.81 Å². The molecular weight excluding hydrogens is 114 g/mol. The summed E-state index contributed by atoms with van der Waals surface area (Å²) in [6.07, 6.45) is 1.74. The summed E-state index contributed by atoms with van der Waals surface area (Å²) in [5.41, 5.74) is 2.08. The Kier molecular flexibility index (Phi) is 1.68. The standard InChI is InChI=1S/C3H4OP2/c1-2-5-3-6-4-1/h1-3,6H. The molecule has 0 radical (unpaired) electrons. The van der Waals surface area contributed by atoms with Gasteiger partial charge < -0.3 is 4.52 Å².